The van der Waals surface area contributed by atoms with Crippen LogP contribution in [0.25, 0.3) is 0 Å². The first-order valence-electron chi connectivity index (χ1n) is 10.2. The molecule has 0 saturated carbocycles. The van der Waals surface area contributed by atoms with Crippen molar-refractivity contribution in [3.8, 4) is 5.75 Å². The Kier molecular flexibility index (Phi) is 6.13. The maximum Gasteiger partial charge on any atom is 0.255 e. The van der Waals surface area contributed by atoms with Gasteiger partial charge in [-0.05, 0) is 67.4 Å². The molecule has 0 aliphatic carbocycles. The predicted octanol–water partition coefficient (Wildman–Crippen LogP) is 5.38. The van der Waals surface area contributed by atoms with Crippen LogP contribution in [0.3, 0.4) is 0 Å². The lowest BCUT2D eigenvalue weighted by atomic mass is 10.1. The maximum atomic E-state index is 12.6. The molecule has 4 rings (SSSR count). The molecule has 3 aromatic carbocycles. The Hall–Kier alpha value is -3.86. The van der Waals surface area contributed by atoms with E-state index in [0.717, 1.165) is 34.0 Å². The summed E-state index contributed by atoms with van der Waals surface area (Å²) in [5.41, 5.74) is 5.68. The van der Waals surface area contributed by atoms with Crippen LogP contribution in [0, 0.1) is 13.8 Å². The molecule has 31 heavy (non-hydrogen) atoms. The Morgan fingerprint density at radius 1 is 0.903 bits per heavy atom. The summed E-state index contributed by atoms with van der Waals surface area (Å²) in [6.45, 7) is 5.22. The zero-order valence-electron chi connectivity index (χ0n) is 17.7. The van der Waals surface area contributed by atoms with Gasteiger partial charge in [0.05, 0.1) is 12.2 Å². The number of aromatic nitrogens is 2. The molecule has 0 unspecified atom stereocenters. The molecule has 0 aliphatic rings. The van der Waals surface area contributed by atoms with Gasteiger partial charge in [-0.1, -0.05) is 42.5 Å². The molecule has 1 N–H and O–H groups in total. The van der Waals surface area contributed by atoms with Gasteiger partial charge in [0.1, 0.15) is 12.4 Å². The van der Waals surface area contributed by atoms with Crippen LogP contribution in [0.4, 0.5) is 5.69 Å². The summed E-state index contributed by atoms with van der Waals surface area (Å²) in [6, 6.07) is 27.1. The minimum atomic E-state index is -0.143. The smallest absolute Gasteiger partial charge is 0.255 e. The van der Waals surface area contributed by atoms with E-state index in [0.29, 0.717) is 18.7 Å². The van der Waals surface area contributed by atoms with E-state index in [9.17, 15) is 4.79 Å². The molecule has 156 valence electrons. The first kappa shape index (κ1) is 20.4. The highest BCUT2D eigenvalue weighted by Gasteiger charge is 2.08. The third-order valence-electron chi connectivity index (χ3n) is 5.01. The van der Waals surface area contributed by atoms with Gasteiger partial charge in [-0.2, -0.15) is 5.10 Å². The number of hydrogen-bond donors (Lipinski definition) is 1. The third kappa shape index (κ3) is 5.39. The van der Waals surface area contributed by atoms with Crippen molar-refractivity contribution in [1.82, 2.24) is 9.78 Å². The van der Waals surface area contributed by atoms with Crippen LogP contribution in [0.5, 0.6) is 5.75 Å². The van der Waals surface area contributed by atoms with Gasteiger partial charge in [-0.3, -0.25) is 9.48 Å². The molecule has 5 heteroatoms. The van der Waals surface area contributed by atoms with Crippen LogP contribution < -0.4 is 10.1 Å². The quantitative estimate of drug-likeness (QED) is 0.444. The standard InChI is InChI=1S/C26H25N3O2/c1-19-16-20(2)29(28-19)17-21-8-10-23(11-9-21)26(30)27-24-12-14-25(15-13-24)31-18-22-6-4-3-5-7-22/h3-16H,17-18H2,1-2H3,(H,27,30). The second-order valence-electron chi connectivity index (χ2n) is 7.53. The second kappa shape index (κ2) is 9.30. The largest absolute Gasteiger partial charge is 0.489 e. The number of anilines is 1. The molecule has 1 heterocycles. The Bertz CT molecular complexity index is 1150. The number of carbonyl (C=O) groups is 1. The van der Waals surface area contributed by atoms with Gasteiger partial charge in [0.15, 0.2) is 0 Å². The Morgan fingerprint density at radius 2 is 1.61 bits per heavy atom. The number of amides is 1. The average molecular weight is 412 g/mol. The van der Waals surface area contributed by atoms with E-state index in [-0.39, 0.29) is 5.91 Å². The molecule has 0 spiro atoms. The molecular formula is C26H25N3O2. The molecule has 4 aromatic rings. The van der Waals surface area contributed by atoms with E-state index in [1.165, 1.54) is 0 Å². The summed E-state index contributed by atoms with van der Waals surface area (Å²) >= 11 is 0. The monoisotopic (exact) mass is 411 g/mol. The van der Waals surface area contributed by atoms with Crippen LogP contribution in [0.15, 0.2) is 84.9 Å². The van der Waals surface area contributed by atoms with E-state index in [1.54, 1.807) is 0 Å². The van der Waals surface area contributed by atoms with Crippen molar-refractivity contribution in [2.45, 2.75) is 27.0 Å². The first-order valence-corrected chi connectivity index (χ1v) is 10.2. The lowest BCUT2D eigenvalue weighted by molar-refractivity contribution is 0.102. The zero-order valence-corrected chi connectivity index (χ0v) is 17.7. The molecular weight excluding hydrogens is 386 g/mol. The molecule has 0 saturated heterocycles. The fourth-order valence-corrected chi connectivity index (χ4v) is 3.35. The number of rotatable bonds is 7. The molecule has 0 atom stereocenters. The minimum Gasteiger partial charge on any atom is -0.489 e. The van der Waals surface area contributed by atoms with E-state index >= 15 is 0 Å². The SMILES string of the molecule is Cc1cc(C)n(Cc2ccc(C(=O)Nc3ccc(OCc4ccccc4)cc3)cc2)n1. The van der Waals surface area contributed by atoms with Crippen molar-refractivity contribution in [3.63, 3.8) is 0 Å². The lowest BCUT2D eigenvalue weighted by Crippen LogP contribution is -2.12. The number of hydrogen-bond acceptors (Lipinski definition) is 3. The molecule has 0 radical (unpaired) electrons. The number of carbonyl (C=O) groups excluding carboxylic acids is 1. The maximum absolute atomic E-state index is 12.6. The van der Waals surface area contributed by atoms with Crippen molar-refractivity contribution in [2.24, 2.45) is 0 Å². The van der Waals surface area contributed by atoms with Crippen LogP contribution in [0.1, 0.15) is 32.9 Å². The van der Waals surface area contributed by atoms with Gasteiger partial charge in [0.25, 0.3) is 5.91 Å². The molecule has 0 bridgehead atoms. The number of nitrogens with one attached hydrogen (secondary N) is 1. The highest BCUT2D eigenvalue weighted by atomic mass is 16.5. The van der Waals surface area contributed by atoms with Gasteiger partial charge in [-0.15, -0.1) is 0 Å². The van der Waals surface area contributed by atoms with Gasteiger partial charge in [0.2, 0.25) is 0 Å². The van der Waals surface area contributed by atoms with Crippen LogP contribution in [-0.2, 0) is 13.2 Å². The topological polar surface area (TPSA) is 56.2 Å². The second-order valence-corrected chi connectivity index (χ2v) is 7.53. The lowest BCUT2D eigenvalue weighted by Gasteiger charge is -2.09. The van der Waals surface area contributed by atoms with Crippen molar-refractivity contribution < 1.29 is 9.53 Å². The number of ether oxygens (including phenoxy) is 1. The number of aryl methyl sites for hydroxylation is 2. The van der Waals surface area contributed by atoms with E-state index in [1.807, 2.05) is 97.4 Å². The molecule has 1 aromatic heterocycles. The molecule has 1 amide bonds. The number of nitrogens with zero attached hydrogens (tertiary/aromatic N) is 2. The molecule has 0 fully saturated rings. The highest BCUT2D eigenvalue weighted by molar-refractivity contribution is 6.04. The van der Waals surface area contributed by atoms with Crippen molar-refractivity contribution >= 4 is 11.6 Å². The van der Waals surface area contributed by atoms with E-state index < -0.39 is 0 Å². The van der Waals surface area contributed by atoms with Gasteiger partial charge < -0.3 is 10.1 Å². The van der Waals surface area contributed by atoms with Crippen molar-refractivity contribution in [1.29, 1.82) is 0 Å². The van der Waals surface area contributed by atoms with Crippen molar-refractivity contribution in [3.05, 3.63) is 113 Å². The third-order valence-corrected chi connectivity index (χ3v) is 5.01. The first-order chi connectivity index (χ1) is 15.1. The Labute approximate surface area is 182 Å². The highest BCUT2D eigenvalue weighted by Crippen LogP contribution is 2.18. The Balaban J connectivity index is 1.33. The average Bonchev–Trinajstić information content (AvgIpc) is 3.11. The summed E-state index contributed by atoms with van der Waals surface area (Å²) in [5.74, 6) is 0.617. The van der Waals surface area contributed by atoms with Gasteiger partial charge >= 0.3 is 0 Å². The number of benzene rings is 3. The fraction of sp³-hybridized carbons (Fsp3) is 0.154. The zero-order chi connectivity index (χ0) is 21.6. The summed E-state index contributed by atoms with van der Waals surface area (Å²) in [4.78, 5) is 12.6. The summed E-state index contributed by atoms with van der Waals surface area (Å²) < 4.78 is 7.75. The van der Waals surface area contributed by atoms with Crippen LogP contribution in [-0.4, -0.2) is 15.7 Å². The summed E-state index contributed by atoms with van der Waals surface area (Å²) in [5, 5.41) is 7.41. The molecule has 0 aliphatic heterocycles. The Morgan fingerprint density at radius 3 is 2.26 bits per heavy atom. The van der Waals surface area contributed by atoms with E-state index in [2.05, 4.69) is 16.5 Å². The van der Waals surface area contributed by atoms with E-state index in [4.69, 9.17) is 4.74 Å². The van der Waals surface area contributed by atoms with Crippen LogP contribution >= 0.6 is 0 Å². The van der Waals surface area contributed by atoms with Gasteiger partial charge in [-0.25, -0.2) is 0 Å². The van der Waals surface area contributed by atoms with Crippen molar-refractivity contribution in [2.75, 3.05) is 5.32 Å². The predicted molar refractivity (Wildman–Crippen MR) is 122 cm³/mol. The normalized spacial score (nSPS) is 10.6. The fourth-order valence-electron chi connectivity index (χ4n) is 3.35. The summed E-state index contributed by atoms with van der Waals surface area (Å²) in [7, 11) is 0. The minimum absolute atomic E-state index is 0.143. The summed E-state index contributed by atoms with van der Waals surface area (Å²) in [6.07, 6.45) is 0. The molecule has 5 nitrogen and oxygen atoms in total. The van der Waals surface area contributed by atoms with Crippen LogP contribution in [0.2, 0.25) is 0 Å². The van der Waals surface area contributed by atoms with Gasteiger partial charge in [0, 0.05) is 16.9 Å².